The van der Waals surface area contributed by atoms with Gasteiger partial charge in [0.15, 0.2) is 17.3 Å². The van der Waals surface area contributed by atoms with Crippen LogP contribution in [0.15, 0.2) is 77.3 Å². The highest BCUT2D eigenvalue weighted by atomic mass is 79.9. The van der Waals surface area contributed by atoms with E-state index in [4.69, 9.17) is 14.2 Å². The molecule has 3 aromatic rings. The van der Waals surface area contributed by atoms with Gasteiger partial charge in [-0.3, -0.25) is 4.79 Å². The van der Waals surface area contributed by atoms with E-state index in [9.17, 15) is 9.59 Å². The normalized spacial score (nSPS) is 10.6. The summed E-state index contributed by atoms with van der Waals surface area (Å²) in [5, 5.41) is 0. The van der Waals surface area contributed by atoms with Crippen molar-refractivity contribution in [2.45, 2.75) is 0 Å². The van der Waals surface area contributed by atoms with Crippen LogP contribution in [-0.4, -0.2) is 26.0 Å². The van der Waals surface area contributed by atoms with Gasteiger partial charge in [-0.2, -0.15) is 0 Å². The van der Waals surface area contributed by atoms with Gasteiger partial charge in [0.25, 0.3) is 0 Å². The molecule has 0 radical (unpaired) electrons. The van der Waals surface area contributed by atoms with E-state index in [-0.39, 0.29) is 5.78 Å². The molecule has 3 rings (SSSR count). The standard InChI is InChI=1S/C24H19BrO5/c1-28-22-14-4-16(15-23(22)29-2)3-13-21(26)17-7-11-20(12-8-17)30-24(27)18-5-9-19(25)10-6-18/h3-15H,1-2H3/b13-3+. The molecule has 0 saturated carbocycles. The molecule has 0 aliphatic carbocycles. The van der Waals surface area contributed by atoms with Gasteiger partial charge in [-0.15, -0.1) is 0 Å². The Morgan fingerprint density at radius 1 is 0.800 bits per heavy atom. The van der Waals surface area contributed by atoms with E-state index in [0.29, 0.717) is 28.4 Å². The summed E-state index contributed by atoms with van der Waals surface area (Å²) in [7, 11) is 3.12. The second-order valence-electron chi connectivity index (χ2n) is 6.23. The quantitative estimate of drug-likeness (QED) is 0.197. The number of ether oxygens (including phenoxy) is 3. The second-order valence-corrected chi connectivity index (χ2v) is 7.15. The number of hydrogen-bond donors (Lipinski definition) is 0. The molecule has 30 heavy (non-hydrogen) atoms. The monoisotopic (exact) mass is 466 g/mol. The number of carbonyl (C=O) groups is 2. The van der Waals surface area contributed by atoms with Crippen molar-refractivity contribution < 1.29 is 23.8 Å². The van der Waals surface area contributed by atoms with Crippen molar-refractivity contribution in [1.82, 2.24) is 0 Å². The van der Waals surface area contributed by atoms with Crippen LogP contribution in [0.2, 0.25) is 0 Å². The maximum atomic E-state index is 12.4. The third-order valence-corrected chi connectivity index (χ3v) is 4.79. The molecule has 152 valence electrons. The third kappa shape index (κ3) is 5.36. The maximum Gasteiger partial charge on any atom is 0.343 e. The van der Waals surface area contributed by atoms with Crippen molar-refractivity contribution in [3.8, 4) is 17.2 Å². The van der Waals surface area contributed by atoms with Crippen molar-refractivity contribution in [1.29, 1.82) is 0 Å². The minimum Gasteiger partial charge on any atom is -0.493 e. The number of ketones is 1. The number of allylic oxidation sites excluding steroid dienone is 1. The van der Waals surface area contributed by atoms with Gasteiger partial charge in [0.1, 0.15) is 5.75 Å². The van der Waals surface area contributed by atoms with Crippen LogP contribution in [-0.2, 0) is 0 Å². The number of rotatable bonds is 7. The van der Waals surface area contributed by atoms with Crippen molar-refractivity contribution in [3.05, 3.63) is 94.0 Å². The Hall–Kier alpha value is -3.38. The predicted molar refractivity (Wildman–Crippen MR) is 118 cm³/mol. The summed E-state index contributed by atoms with van der Waals surface area (Å²) in [5.74, 6) is 0.937. The lowest BCUT2D eigenvalue weighted by Gasteiger charge is -2.07. The summed E-state index contributed by atoms with van der Waals surface area (Å²) in [6.45, 7) is 0. The Kier molecular flexibility index (Phi) is 7.03. The summed E-state index contributed by atoms with van der Waals surface area (Å²) in [4.78, 5) is 24.6. The van der Waals surface area contributed by atoms with Gasteiger partial charge >= 0.3 is 5.97 Å². The molecule has 0 N–H and O–H groups in total. The summed E-state index contributed by atoms with van der Waals surface area (Å²) in [6.07, 6.45) is 3.18. The van der Waals surface area contributed by atoms with E-state index in [2.05, 4.69) is 15.9 Å². The topological polar surface area (TPSA) is 61.8 Å². The van der Waals surface area contributed by atoms with Gasteiger partial charge in [-0.05, 0) is 72.3 Å². The fourth-order valence-electron chi connectivity index (χ4n) is 2.66. The Labute approximate surface area is 183 Å². The van der Waals surface area contributed by atoms with E-state index >= 15 is 0 Å². The molecule has 0 aliphatic rings. The molecule has 0 atom stereocenters. The minimum atomic E-state index is -0.463. The lowest BCUT2D eigenvalue weighted by molar-refractivity contribution is 0.0734. The van der Waals surface area contributed by atoms with Gasteiger partial charge in [0.05, 0.1) is 19.8 Å². The second kappa shape index (κ2) is 9.89. The van der Waals surface area contributed by atoms with E-state index in [1.165, 1.54) is 6.08 Å². The summed E-state index contributed by atoms with van der Waals surface area (Å²) in [6, 6.07) is 18.7. The molecule has 6 heteroatoms. The lowest BCUT2D eigenvalue weighted by Crippen LogP contribution is -2.08. The zero-order valence-electron chi connectivity index (χ0n) is 16.4. The van der Waals surface area contributed by atoms with Crippen LogP contribution in [0.25, 0.3) is 6.08 Å². The molecule has 0 saturated heterocycles. The van der Waals surface area contributed by atoms with E-state index in [1.54, 1.807) is 81.0 Å². The van der Waals surface area contributed by atoms with Gasteiger partial charge in [0.2, 0.25) is 0 Å². The van der Waals surface area contributed by atoms with Gasteiger partial charge in [0, 0.05) is 10.0 Å². The van der Waals surface area contributed by atoms with Crippen LogP contribution in [0.4, 0.5) is 0 Å². The number of carbonyl (C=O) groups excluding carboxylic acids is 2. The third-order valence-electron chi connectivity index (χ3n) is 4.26. The first-order valence-electron chi connectivity index (χ1n) is 9.02. The van der Waals surface area contributed by atoms with Crippen LogP contribution in [0.1, 0.15) is 26.3 Å². The predicted octanol–water partition coefficient (Wildman–Crippen LogP) is 5.58. The first-order chi connectivity index (χ1) is 14.5. The zero-order chi connectivity index (χ0) is 21.5. The van der Waals surface area contributed by atoms with Crippen LogP contribution >= 0.6 is 15.9 Å². The van der Waals surface area contributed by atoms with Crippen LogP contribution in [0.3, 0.4) is 0 Å². The summed E-state index contributed by atoms with van der Waals surface area (Å²) >= 11 is 3.32. The molecule has 0 spiro atoms. The highest BCUT2D eigenvalue weighted by Crippen LogP contribution is 2.28. The first-order valence-corrected chi connectivity index (χ1v) is 9.81. The molecule has 5 nitrogen and oxygen atoms in total. The molecular weight excluding hydrogens is 448 g/mol. The minimum absolute atomic E-state index is 0.171. The zero-order valence-corrected chi connectivity index (χ0v) is 18.0. The molecule has 0 unspecified atom stereocenters. The SMILES string of the molecule is COc1ccc(/C=C/C(=O)c2ccc(OC(=O)c3ccc(Br)cc3)cc2)cc1OC. The average Bonchev–Trinajstić information content (AvgIpc) is 2.78. The molecular formula is C24H19BrO5. The molecule has 0 bridgehead atoms. The maximum absolute atomic E-state index is 12.4. The number of hydrogen-bond acceptors (Lipinski definition) is 5. The van der Waals surface area contributed by atoms with E-state index in [0.717, 1.165) is 10.0 Å². The smallest absolute Gasteiger partial charge is 0.343 e. The van der Waals surface area contributed by atoms with Crippen molar-refractivity contribution in [3.63, 3.8) is 0 Å². The molecule has 0 aliphatic heterocycles. The fraction of sp³-hybridized carbons (Fsp3) is 0.0833. The summed E-state index contributed by atoms with van der Waals surface area (Å²) in [5.41, 5.74) is 1.73. The number of benzene rings is 3. The van der Waals surface area contributed by atoms with Crippen molar-refractivity contribution in [2.75, 3.05) is 14.2 Å². The first kappa shape index (κ1) is 21.3. The van der Waals surface area contributed by atoms with E-state index < -0.39 is 5.97 Å². The molecule has 0 amide bonds. The summed E-state index contributed by atoms with van der Waals surface area (Å²) < 4.78 is 16.7. The molecule has 0 fully saturated rings. The number of methoxy groups -OCH3 is 2. The van der Waals surface area contributed by atoms with Crippen molar-refractivity contribution >= 4 is 33.8 Å². The Balaban J connectivity index is 1.65. The van der Waals surface area contributed by atoms with Crippen molar-refractivity contribution in [2.24, 2.45) is 0 Å². The molecule has 3 aromatic carbocycles. The van der Waals surface area contributed by atoms with Crippen LogP contribution in [0.5, 0.6) is 17.2 Å². The van der Waals surface area contributed by atoms with Gasteiger partial charge in [-0.1, -0.05) is 28.1 Å². The average molecular weight is 467 g/mol. The van der Waals surface area contributed by atoms with Gasteiger partial charge < -0.3 is 14.2 Å². The highest BCUT2D eigenvalue weighted by molar-refractivity contribution is 9.10. The molecule has 0 aromatic heterocycles. The van der Waals surface area contributed by atoms with E-state index in [1.807, 2.05) is 6.07 Å². The Morgan fingerprint density at radius 3 is 2.07 bits per heavy atom. The van der Waals surface area contributed by atoms with Crippen LogP contribution < -0.4 is 14.2 Å². The largest absolute Gasteiger partial charge is 0.493 e. The fourth-order valence-corrected chi connectivity index (χ4v) is 2.93. The lowest BCUT2D eigenvalue weighted by atomic mass is 10.1. The van der Waals surface area contributed by atoms with Gasteiger partial charge in [-0.25, -0.2) is 4.79 Å². The number of halogens is 1. The Morgan fingerprint density at radius 2 is 1.43 bits per heavy atom. The molecule has 0 heterocycles. The number of esters is 1. The van der Waals surface area contributed by atoms with Crippen LogP contribution in [0, 0.1) is 0 Å². The Bertz CT molecular complexity index is 1070. The highest BCUT2D eigenvalue weighted by Gasteiger charge is 2.09.